The number of hydrogen-bond acceptors (Lipinski definition) is 6. The lowest BCUT2D eigenvalue weighted by Crippen LogP contribution is -2.14. The lowest BCUT2D eigenvalue weighted by molar-refractivity contribution is -0.113. The minimum atomic E-state index is -1.13. The van der Waals surface area contributed by atoms with Crippen molar-refractivity contribution in [2.24, 2.45) is 0 Å². The fourth-order valence-electron chi connectivity index (χ4n) is 2.00. The molecule has 0 saturated carbocycles. The number of hydrogen-bond donors (Lipinski definition) is 3. The molecular formula is C16H12N2O4S2. The maximum absolute atomic E-state index is 12.0. The van der Waals surface area contributed by atoms with Gasteiger partial charge in [-0.1, -0.05) is 23.9 Å². The van der Waals surface area contributed by atoms with Gasteiger partial charge in [0.15, 0.2) is 4.34 Å². The van der Waals surface area contributed by atoms with Crippen LogP contribution >= 0.6 is 23.1 Å². The second-order valence-corrected chi connectivity index (χ2v) is 7.07. The van der Waals surface area contributed by atoms with Crippen molar-refractivity contribution in [3.63, 3.8) is 0 Å². The van der Waals surface area contributed by atoms with Crippen LogP contribution in [0.25, 0.3) is 10.2 Å². The molecule has 2 aromatic carbocycles. The van der Waals surface area contributed by atoms with Gasteiger partial charge in [0.1, 0.15) is 5.75 Å². The standard InChI is InChI=1S/C16H12N2O4S2/c19-12-6-5-9(15(21)22)7-11(12)17-14(20)8-23-16-18-10-3-1-2-4-13(10)24-16/h1-7,19H,8H2,(H,17,20)(H,21,22). The summed E-state index contributed by atoms with van der Waals surface area (Å²) in [5, 5.41) is 21.2. The molecular weight excluding hydrogens is 348 g/mol. The number of carbonyl (C=O) groups is 2. The first-order valence-electron chi connectivity index (χ1n) is 6.87. The largest absolute Gasteiger partial charge is 0.506 e. The molecule has 1 aromatic heterocycles. The van der Waals surface area contributed by atoms with Crippen LogP contribution in [0.15, 0.2) is 46.8 Å². The average molecular weight is 360 g/mol. The normalized spacial score (nSPS) is 10.7. The maximum Gasteiger partial charge on any atom is 0.335 e. The Morgan fingerprint density at radius 1 is 1.21 bits per heavy atom. The number of carboxylic acid groups (broad SMARTS) is 1. The van der Waals surface area contributed by atoms with Crippen molar-refractivity contribution in [2.45, 2.75) is 4.34 Å². The number of benzene rings is 2. The van der Waals surface area contributed by atoms with E-state index < -0.39 is 5.97 Å². The van der Waals surface area contributed by atoms with Gasteiger partial charge >= 0.3 is 5.97 Å². The zero-order valence-corrected chi connectivity index (χ0v) is 13.9. The number of phenols is 1. The van der Waals surface area contributed by atoms with Crippen LogP contribution in [-0.4, -0.2) is 32.8 Å². The van der Waals surface area contributed by atoms with E-state index in [0.29, 0.717) is 0 Å². The highest BCUT2D eigenvalue weighted by Crippen LogP contribution is 2.30. The summed E-state index contributed by atoms with van der Waals surface area (Å²) in [5.41, 5.74) is 0.948. The summed E-state index contributed by atoms with van der Waals surface area (Å²) >= 11 is 2.79. The van der Waals surface area contributed by atoms with E-state index >= 15 is 0 Å². The average Bonchev–Trinajstić information content (AvgIpc) is 2.97. The monoisotopic (exact) mass is 360 g/mol. The number of anilines is 1. The SMILES string of the molecule is O=C(CSc1nc2ccccc2s1)Nc1cc(C(=O)O)ccc1O. The number of para-hydroxylation sites is 1. The van der Waals surface area contributed by atoms with E-state index in [0.717, 1.165) is 14.6 Å². The number of rotatable bonds is 5. The van der Waals surface area contributed by atoms with Gasteiger partial charge in [0.05, 0.1) is 27.2 Å². The van der Waals surface area contributed by atoms with Gasteiger partial charge in [0.2, 0.25) is 5.91 Å². The van der Waals surface area contributed by atoms with E-state index in [1.165, 1.54) is 41.3 Å². The van der Waals surface area contributed by atoms with Crippen LogP contribution in [0.4, 0.5) is 5.69 Å². The quantitative estimate of drug-likeness (QED) is 0.476. The Morgan fingerprint density at radius 2 is 2.00 bits per heavy atom. The number of amides is 1. The number of thiazole rings is 1. The van der Waals surface area contributed by atoms with Crippen molar-refractivity contribution in [2.75, 3.05) is 11.1 Å². The molecule has 0 aliphatic rings. The van der Waals surface area contributed by atoms with Crippen LogP contribution < -0.4 is 5.32 Å². The van der Waals surface area contributed by atoms with Crippen molar-refractivity contribution < 1.29 is 19.8 Å². The summed E-state index contributed by atoms with van der Waals surface area (Å²) < 4.78 is 1.82. The first kappa shape index (κ1) is 16.3. The molecule has 3 N–H and O–H groups in total. The number of thioether (sulfide) groups is 1. The van der Waals surface area contributed by atoms with E-state index in [-0.39, 0.29) is 28.7 Å². The summed E-state index contributed by atoms with van der Waals surface area (Å²) in [7, 11) is 0. The van der Waals surface area contributed by atoms with Gasteiger partial charge < -0.3 is 15.5 Å². The minimum Gasteiger partial charge on any atom is -0.506 e. The number of phenolic OH excluding ortho intramolecular Hbond substituents is 1. The van der Waals surface area contributed by atoms with Gasteiger partial charge in [-0.2, -0.15) is 0 Å². The molecule has 0 atom stereocenters. The number of aromatic carboxylic acids is 1. The van der Waals surface area contributed by atoms with Crippen LogP contribution in [0.1, 0.15) is 10.4 Å². The molecule has 0 saturated heterocycles. The van der Waals surface area contributed by atoms with Crippen molar-refractivity contribution >= 4 is 50.9 Å². The number of nitrogens with one attached hydrogen (secondary N) is 1. The first-order valence-corrected chi connectivity index (χ1v) is 8.67. The van der Waals surface area contributed by atoms with E-state index in [4.69, 9.17) is 5.11 Å². The molecule has 122 valence electrons. The van der Waals surface area contributed by atoms with Gasteiger partial charge in [-0.15, -0.1) is 11.3 Å². The minimum absolute atomic E-state index is 0.0121. The summed E-state index contributed by atoms with van der Waals surface area (Å²) in [5.74, 6) is -1.55. The number of nitrogens with zero attached hydrogens (tertiary/aromatic N) is 1. The second-order valence-electron chi connectivity index (χ2n) is 4.82. The molecule has 3 rings (SSSR count). The second kappa shape index (κ2) is 6.90. The van der Waals surface area contributed by atoms with Crippen molar-refractivity contribution in [1.82, 2.24) is 4.98 Å². The number of carboxylic acids is 1. The molecule has 8 heteroatoms. The molecule has 0 aliphatic carbocycles. The van der Waals surface area contributed by atoms with Crippen LogP contribution in [0.3, 0.4) is 0 Å². The lowest BCUT2D eigenvalue weighted by Gasteiger charge is -2.07. The highest BCUT2D eigenvalue weighted by atomic mass is 32.2. The molecule has 0 aliphatic heterocycles. The van der Waals surface area contributed by atoms with Gasteiger partial charge in [-0.25, -0.2) is 9.78 Å². The number of aromatic nitrogens is 1. The smallest absolute Gasteiger partial charge is 0.335 e. The van der Waals surface area contributed by atoms with Gasteiger partial charge in [0, 0.05) is 0 Å². The first-order chi connectivity index (χ1) is 11.5. The summed E-state index contributed by atoms with van der Waals surface area (Å²) in [6.07, 6.45) is 0. The molecule has 3 aromatic rings. The fraction of sp³-hybridized carbons (Fsp3) is 0.0625. The topological polar surface area (TPSA) is 99.5 Å². The Morgan fingerprint density at radius 3 is 2.75 bits per heavy atom. The molecule has 24 heavy (non-hydrogen) atoms. The maximum atomic E-state index is 12.0. The highest BCUT2D eigenvalue weighted by molar-refractivity contribution is 8.01. The van der Waals surface area contributed by atoms with Crippen LogP contribution in [0.5, 0.6) is 5.75 Å². The molecule has 0 radical (unpaired) electrons. The van der Waals surface area contributed by atoms with E-state index in [9.17, 15) is 14.7 Å². The molecule has 0 fully saturated rings. The lowest BCUT2D eigenvalue weighted by atomic mass is 10.2. The van der Waals surface area contributed by atoms with Crippen molar-refractivity contribution in [3.8, 4) is 5.75 Å². The summed E-state index contributed by atoms with van der Waals surface area (Å²) in [6, 6.07) is 11.4. The van der Waals surface area contributed by atoms with E-state index in [1.54, 1.807) is 0 Å². The van der Waals surface area contributed by atoms with Crippen molar-refractivity contribution in [3.05, 3.63) is 48.0 Å². The Kier molecular flexibility index (Phi) is 4.68. The molecule has 1 heterocycles. The zero-order valence-electron chi connectivity index (χ0n) is 12.2. The third-order valence-electron chi connectivity index (χ3n) is 3.12. The molecule has 0 unspecified atom stereocenters. The number of fused-ring (bicyclic) bond motifs is 1. The zero-order chi connectivity index (χ0) is 17.1. The fourth-order valence-corrected chi connectivity index (χ4v) is 3.86. The molecule has 0 spiro atoms. The Bertz CT molecular complexity index is 890. The van der Waals surface area contributed by atoms with E-state index in [2.05, 4.69) is 10.3 Å². The third kappa shape index (κ3) is 3.66. The number of aromatic hydroxyl groups is 1. The van der Waals surface area contributed by atoms with Crippen molar-refractivity contribution in [1.29, 1.82) is 0 Å². The van der Waals surface area contributed by atoms with Crippen LogP contribution in [0.2, 0.25) is 0 Å². The molecule has 0 bridgehead atoms. The Labute approximate surface area is 145 Å². The summed E-state index contributed by atoms with van der Waals surface area (Å²) in [6.45, 7) is 0. The number of carbonyl (C=O) groups excluding carboxylic acids is 1. The summed E-state index contributed by atoms with van der Waals surface area (Å²) in [4.78, 5) is 27.4. The molecule has 6 nitrogen and oxygen atoms in total. The van der Waals surface area contributed by atoms with Crippen LogP contribution in [0, 0.1) is 0 Å². The van der Waals surface area contributed by atoms with Gasteiger partial charge in [-0.05, 0) is 30.3 Å². The third-order valence-corrected chi connectivity index (χ3v) is 5.30. The van der Waals surface area contributed by atoms with Gasteiger partial charge in [-0.3, -0.25) is 4.79 Å². The highest BCUT2D eigenvalue weighted by Gasteiger charge is 2.12. The molecule has 1 amide bonds. The Balaban J connectivity index is 1.65. The predicted molar refractivity (Wildman–Crippen MR) is 94.0 cm³/mol. The van der Waals surface area contributed by atoms with Crippen LogP contribution in [-0.2, 0) is 4.79 Å². The van der Waals surface area contributed by atoms with Gasteiger partial charge in [0.25, 0.3) is 0 Å². The predicted octanol–water partition coefficient (Wildman–Crippen LogP) is 3.43. The Hall–Kier alpha value is -2.58. The van der Waals surface area contributed by atoms with E-state index in [1.807, 2.05) is 24.3 Å².